The third-order valence-electron chi connectivity index (χ3n) is 10.3. The number of nitrogens with zero attached hydrogens (tertiary/aromatic N) is 9. The van der Waals surface area contributed by atoms with Gasteiger partial charge in [-0.2, -0.15) is 42.1 Å². The molecule has 0 saturated carbocycles. The molecule has 21 heteroatoms. The van der Waals surface area contributed by atoms with Crippen molar-refractivity contribution in [3.63, 3.8) is 0 Å². The molecule has 8 aromatic carbocycles. The van der Waals surface area contributed by atoms with E-state index in [2.05, 4.69) is 40.9 Å². The summed E-state index contributed by atoms with van der Waals surface area (Å²) >= 11 is 0. The Bertz CT molecular complexity index is 3730. The largest absolute Gasteiger partial charge is 0.506 e. The van der Waals surface area contributed by atoms with Crippen molar-refractivity contribution in [2.45, 2.75) is 23.3 Å². The van der Waals surface area contributed by atoms with E-state index in [1.165, 1.54) is 35.1 Å². The van der Waals surface area contributed by atoms with Crippen molar-refractivity contribution in [1.29, 1.82) is 0 Å². The van der Waals surface area contributed by atoms with Crippen molar-refractivity contribution >= 4 is 97.7 Å². The number of phenolic OH excluding ortho intramolecular Hbond substituents is 2. The second-order valence-corrected chi connectivity index (χ2v) is 17.3. The maximum atomic E-state index is 12.1. The molecule has 0 bridgehead atoms. The molecule has 18 nitrogen and oxygen atoms in total. The summed E-state index contributed by atoms with van der Waals surface area (Å²) in [7, 11) is -9.79. The van der Waals surface area contributed by atoms with E-state index in [9.17, 15) is 41.3 Å². The zero-order chi connectivity index (χ0) is 44.9. The summed E-state index contributed by atoms with van der Waals surface area (Å²) in [6.45, 7) is 1.41. The summed E-state index contributed by atoms with van der Waals surface area (Å²) in [5.74, 6) is -0.549. The monoisotopic (exact) mass is 956 g/mol. The van der Waals surface area contributed by atoms with E-state index in [-0.39, 0.29) is 67.4 Å². The van der Waals surface area contributed by atoms with Gasteiger partial charge in [-0.25, -0.2) is 0 Å². The summed E-state index contributed by atoms with van der Waals surface area (Å²) in [4.78, 5) is -0.290. The summed E-state index contributed by atoms with van der Waals surface area (Å²) in [5.41, 5.74) is 3.94. The van der Waals surface area contributed by atoms with Crippen LogP contribution in [0.15, 0.2) is 168 Å². The van der Waals surface area contributed by atoms with Crippen LogP contribution in [0.4, 0.5) is 34.1 Å². The van der Waals surface area contributed by atoms with Crippen LogP contribution in [-0.2, 0) is 43.9 Å². The molecule has 0 saturated heterocycles. The summed E-state index contributed by atoms with van der Waals surface area (Å²) < 4.78 is 67.7. The summed E-state index contributed by atoms with van der Waals surface area (Å²) in [6.07, 6.45) is 0. The van der Waals surface area contributed by atoms with Crippen LogP contribution in [0.1, 0.15) is 11.1 Å². The van der Waals surface area contributed by atoms with Crippen molar-refractivity contribution in [2.75, 3.05) is 0 Å². The van der Waals surface area contributed by atoms with Crippen molar-refractivity contribution in [1.82, 2.24) is 15.0 Å². The number of hydrogen-bond donors (Lipinski definition) is 5. The number of phenols is 2. The van der Waals surface area contributed by atoms with Crippen molar-refractivity contribution in [3.05, 3.63) is 139 Å². The molecule has 1 heterocycles. The Labute approximate surface area is 378 Å². The molecule has 0 amide bonds. The van der Waals surface area contributed by atoms with Gasteiger partial charge >= 0.3 is 0 Å². The van der Waals surface area contributed by atoms with Gasteiger partial charge in [-0.15, -0.1) is 20.4 Å². The van der Waals surface area contributed by atoms with Gasteiger partial charge in [-0.3, -0.25) is 9.11 Å². The predicted molar refractivity (Wildman–Crippen MR) is 237 cm³/mol. The second kappa shape index (κ2) is 17.3. The van der Waals surface area contributed by atoms with Crippen LogP contribution in [-0.4, -0.2) is 56.3 Å². The van der Waals surface area contributed by atoms with Gasteiger partial charge in [0.15, 0.2) is 5.75 Å². The van der Waals surface area contributed by atoms with E-state index in [0.717, 1.165) is 28.1 Å². The molecule has 0 aliphatic carbocycles. The molecule has 5 N–H and O–H groups in total. The number of aryl methyl sites for hydroxylation is 1. The van der Waals surface area contributed by atoms with E-state index in [1.54, 1.807) is 42.5 Å². The fourth-order valence-corrected chi connectivity index (χ4v) is 8.36. The Hall–Kier alpha value is -7.36. The number of aliphatic hydroxyl groups is 1. The van der Waals surface area contributed by atoms with Crippen LogP contribution in [0.5, 0.6) is 11.5 Å². The van der Waals surface area contributed by atoms with Crippen LogP contribution in [0.3, 0.4) is 0 Å². The molecule has 65 heavy (non-hydrogen) atoms. The fraction of sp³-hybridized carbons (Fsp3) is 0.0455. The molecule has 9 rings (SSSR count). The van der Waals surface area contributed by atoms with Gasteiger partial charge in [0.25, 0.3) is 20.2 Å². The molecule has 0 spiro atoms. The van der Waals surface area contributed by atoms with Crippen LogP contribution < -0.4 is 0 Å². The van der Waals surface area contributed by atoms with E-state index < -0.39 is 36.6 Å². The Morgan fingerprint density at radius 1 is 0.569 bits per heavy atom. The number of aromatic nitrogens is 3. The Morgan fingerprint density at radius 2 is 1.23 bits per heavy atom. The zero-order valence-electron chi connectivity index (χ0n) is 33.3. The normalized spacial score (nSPS) is 12.4. The number of aliphatic hydroxyl groups excluding tert-OH is 1. The molecule has 329 valence electrons. The first-order valence-corrected chi connectivity index (χ1v) is 21.9. The first-order valence-electron chi connectivity index (χ1n) is 19.0. The quantitative estimate of drug-likeness (QED) is 0.0488. The maximum absolute atomic E-state index is 12.1. The number of hydrogen-bond acceptors (Lipinski definition) is 15. The standard InChI is InChI=1S/C44H31N9O9S2.Cu/c1-24-16-29(9-14-36(24)47-46-30-8-6-25-4-2-3-5-26(25)17-30)45-49-39-22-41(55)40(19-28(39)23-54)50-48-38-13-7-27-18-31(10-11-33(27)44(38)56)53-51-37-15-12-34-35(43(37)52-53)20-32(63(57,58)59)21-42(34)64(60,61)62;/h2-22,54-56H,23H2,1H3,(H,57,58,59)(H,60,61,62);. The van der Waals surface area contributed by atoms with E-state index in [4.69, 9.17) is 0 Å². The molecule has 0 aliphatic heterocycles. The molecule has 0 atom stereocenters. The molecule has 0 aliphatic rings. The number of azo groups is 3. The van der Waals surface area contributed by atoms with E-state index in [0.29, 0.717) is 39.5 Å². The van der Waals surface area contributed by atoms with Crippen LogP contribution in [0.25, 0.3) is 49.0 Å². The molecule has 1 radical (unpaired) electrons. The van der Waals surface area contributed by atoms with Crippen LogP contribution in [0, 0.1) is 6.92 Å². The molecule has 1 aromatic heterocycles. The van der Waals surface area contributed by atoms with Gasteiger partial charge in [0, 0.05) is 44.9 Å². The first kappa shape index (κ1) is 44.3. The molecular formula is C44H31CuN9O9S2. The van der Waals surface area contributed by atoms with Gasteiger partial charge < -0.3 is 15.3 Å². The van der Waals surface area contributed by atoms with E-state index in [1.807, 2.05) is 49.4 Å². The third-order valence-corrected chi connectivity index (χ3v) is 12.0. The third kappa shape index (κ3) is 8.93. The average Bonchev–Trinajstić information content (AvgIpc) is 3.72. The van der Waals surface area contributed by atoms with Gasteiger partial charge in [-0.05, 0) is 108 Å². The van der Waals surface area contributed by atoms with Crippen LogP contribution in [0.2, 0.25) is 0 Å². The predicted octanol–water partition coefficient (Wildman–Crippen LogP) is 10.8. The fourth-order valence-electron chi connectivity index (χ4n) is 7.02. The number of aromatic hydroxyl groups is 2. The van der Waals surface area contributed by atoms with Gasteiger partial charge in [-0.1, -0.05) is 42.5 Å². The smallest absolute Gasteiger partial charge is 0.295 e. The van der Waals surface area contributed by atoms with Gasteiger partial charge in [0.2, 0.25) is 0 Å². The van der Waals surface area contributed by atoms with Crippen molar-refractivity contribution < 1.29 is 58.3 Å². The summed E-state index contributed by atoms with van der Waals surface area (Å²) in [5, 5.41) is 69.7. The number of benzene rings is 8. The minimum atomic E-state index is -4.91. The SMILES string of the molecule is Cc1cc(N=Nc2cc(O)c(N=Nc3ccc4cc(-n5nc6ccc7c(S(=O)(=O)O)cc(S(=O)(=O)O)cc7c6n5)ccc4c3O)cc2CO)ccc1N=Nc1ccc2ccccc2c1.[Cu]. The minimum absolute atomic E-state index is 0. The average molecular weight is 957 g/mol. The van der Waals surface area contributed by atoms with Crippen molar-refractivity contribution in [3.8, 4) is 17.2 Å². The topological polar surface area (TPSA) is 274 Å². The second-order valence-electron chi connectivity index (χ2n) is 14.5. The van der Waals surface area contributed by atoms with Gasteiger partial charge in [0.05, 0.1) is 39.9 Å². The Morgan fingerprint density at radius 3 is 1.97 bits per heavy atom. The maximum Gasteiger partial charge on any atom is 0.295 e. The molecule has 0 unspecified atom stereocenters. The first-order chi connectivity index (χ1) is 30.6. The molecule has 9 aromatic rings. The Balaban J connectivity index is 0.00000576. The van der Waals surface area contributed by atoms with Gasteiger partial charge in [0.1, 0.15) is 33.1 Å². The van der Waals surface area contributed by atoms with Crippen molar-refractivity contribution in [2.24, 2.45) is 30.7 Å². The van der Waals surface area contributed by atoms with E-state index >= 15 is 0 Å². The minimum Gasteiger partial charge on any atom is -0.506 e. The number of rotatable bonds is 10. The zero-order valence-corrected chi connectivity index (χ0v) is 35.9. The Kier molecular flexibility index (Phi) is 11.8. The van der Waals surface area contributed by atoms with Crippen LogP contribution >= 0.6 is 0 Å². The number of fused-ring (bicyclic) bond motifs is 5. The molecular weight excluding hydrogens is 926 g/mol. The molecule has 0 fully saturated rings. The summed E-state index contributed by atoms with van der Waals surface area (Å²) in [6, 6.07) is 34.2.